The lowest BCUT2D eigenvalue weighted by Crippen LogP contribution is -2.53. The van der Waals surface area contributed by atoms with Gasteiger partial charge in [0, 0.05) is 26.2 Å². The molecular formula is C20H23FN2O4S. The van der Waals surface area contributed by atoms with Crippen molar-refractivity contribution in [1.29, 1.82) is 0 Å². The third-order valence-electron chi connectivity index (χ3n) is 4.63. The Labute approximate surface area is 164 Å². The number of amides is 1. The molecule has 1 aliphatic heterocycles. The van der Waals surface area contributed by atoms with E-state index in [-0.39, 0.29) is 37.0 Å². The number of carbonyl (C=O) groups excluding carboxylic acids is 1. The van der Waals surface area contributed by atoms with Crippen LogP contribution in [-0.4, -0.2) is 55.8 Å². The molecule has 2 aromatic carbocycles. The molecule has 1 heterocycles. The van der Waals surface area contributed by atoms with E-state index >= 15 is 0 Å². The zero-order chi connectivity index (χ0) is 20.3. The molecule has 0 spiro atoms. The molecular weight excluding hydrogens is 383 g/mol. The predicted molar refractivity (Wildman–Crippen MR) is 103 cm³/mol. The van der Waals surface area contributed by atoms with Crippen LogP contribution in [0.4, 0.5) is 4.39 Å². The topological polar surface area (TPSA) is 66.9 Å². The van der Waals surface area contributed by atoms with Gasteiger partial charge < -0.3 is 9.64 Å². The SMILES string of the molecule is Cc1cccc(OC(C)C(=O)N2CCN(S(=O)(=O)c3cccc(F)c3)CC2)c1. The lowest BCUT2D eigenvalue weighted by molar-refractivity contribution is -0.139. The van der Waals surface area contributed by atoms with Gasteiger partial charge in [0.2, 0.25) is 10.0 Å². The van der Waals surface area contributed by atoms with E-state index in [9.17, 15) is 17.6 Å². The van der Waals surface area contributed by atoms with Crippen molar-refractivity contribution in [3.05, 3.63) is 59.9 Å². The summed E-state index contributed by atoms with van der Waals surface area (Å²) < 4.78 is 45.7. The highest BCUT2D eigenvalue weighted by Gasteiger charge is 2.32. The average molecular weight is 406 g/mol. The van der Waals surface area contributed by atoms with Gasteiger partial charge in [0.1, 0.15) is 11.6 Å². The molecule has 3 rings (SSSR count). The fraction of sp³-hybridized carbons (Fsp3) is 0.350. The number of nitrogens with zero attached hydrogens (tertiary/aromatic N) is 2. The van der Waals surface area contributed by atoms with Crippen molar-refractivity contribution in [2.45, 2.75) is 24.8 Å². The minimum absolute atomic E-state index is 0.0802. The Bertz CT molecular complexity index is 956. The van der Waals surface area contributed by atoms with Crippen LogP contribution < -0.4 is 4.74 Å². The summed E-state index contributed by atoms with van der Waals surface area (Å²) in [7, 11) is -3.78. The summed E-state index contributed by atoms with van der Waals surface area (Å²) in [6.45, 7) is 4.45. The maximum atomic E-state index is 13.4. The van der Waals surface area contributed by atoms with Gasteiger partial charge in [-0.1, -0.05) is 18.2 Å². The first-order chi connectivity index (χ1) is 13.3. The molecule has 0 aromatic heterocycles. The second-order valence-electron chi connectivity index (χ2n) is 6.76. The first-order valence-corrected chi connectivity index (χ1v) is 10.5. The van der Waals surface area contributed by atoms with Gasteiger partial charge >= 0.3 is 0 Å². The average Bonchev–Trinajstić information content (AvgIpc) is 2.67. The van der Waals surface area contributed by atoms with E-state index in [0.29, 0.717) is 5.75 Å². The molecule has 1 saturated heterocycles. The van der Waals surface area contributed by atoms with Crippen molar-refractivity contribution in [3.63, 3.8) is 0 Å². The maximum Gasteiger partial charge on any atom is 0.263 e. The molecule has 0 saturated carbocycles. The summed E-state index contributed by atoms with van der Waals surface area (Å²) in [5.74, 6) is -0.172. The van der Waals surface area contributed by atoms with Crippen molar-refractivity contribution in [3.8, 4) is 5.75 Å². The molecule has 8 heteroatoms. The molecule has 28 heavy (non-hydrogen) atoms. The lowest BCUT2D eigenvalue weighted by Gasteiger charge is -2.35. The Hall–Kier alpha value is -2.45. The zero-order valence-electron chi connectivity index (χ0n) is 15.8. The number of hydrogen-bond acceptors (Lipinski definition) is 4. The largest absolute Gasteiger partial charge is 0.481 e. The highest BCUT2D eigenvalue weighted by Crippen LogP contribution is 2.20. The molecule has 0 bridgehead atoms. The number of halogens is 1. The minimum atomic E-state index is -3.78. The van der Waals surface area contributed by atoms with Crippen LogP contribution in [0.3, 0.4) is 0 Å². The minimum Gasteiger partial charge on any atom is -0.481 e. The van der Waals surface area contributed by atoms with Gasteiger partial charge in [-0.05, 0) is 49.7 Å². The van der Waals surface area contributed by atoms with Gasteiger partial charge in [-0.15, -0.1) is 0 Å². The molecule has 1 atom stereocenters. The molecule has 1 amide bonds. The molecule has 150 valence electrons. The first-order valence-electron chi connectivity index (χ1n) is 9.05. The second-order valence-corrected chi connectivity index (χ2v) is 8.70. The van der Waals surface area contributed by atoms with Gasteiger partial charge in [0.15, 0.2) is 6.10 Å². The molecule has 1 aliphatic rings. The summed E-state index contributed by atoms with van der Waals surface area (Å²) >= 11 is 0. The van der Waals surface area contributed by atoms with E-state index in [1.807, 2.05) is 25.1 Å². The number of aryl methyl sites for hydroxylation is 1. The number of piperazine rings is 1. The van der Waals surface area contributed by atoms with Crippen molar-refractivity contribution in [1.82, 2.24) is 9.21 Å². The summed E-state index contributed by atoms with van der Waals surface area (Å²) in [5.41, 5.74) is 1.04. The van der Waals surface area contributed by atoms with Crippen molar-refractivity contribution >= 4 is 15.9 Å². The van der Waals surface area contributed by atoms with Crippen LogP contribution in [0, 0.1) is 12.7 Å². The van der Waals surface area contributed by atoms with E-state index < -0.39 is 21.9 Å². The highest BCUT2D eigenvalue weighted by atomic mass is 32.2. The van der Waals surface area contributed by atoms with Gasteiger partial charge in [0.25, 0.3) is 5.91 Å². The Kier molecular flexibility index (Phi) is 6.00. The number of ether oxygens (including phenoxy) is 1. The van der Waals surface area contributed by atoms with Crippen molar-refractivity contribution in [2.24, 2.45) is 0 Å². The third kappa shape index (κ3) is 4.51. The molecule has 0 aliphatic carbocycles. The molecule has 1 unspecified atom stereocenters. The molecule has 0 radical (unpaired) electrons. The standard InChI is InChI=1S/C20H23FN2O4S/c1-15-5-3-7-18(13-15)27-16(2)20(24)22-9-11-23(12-10-22)28(25,26)19-8-4-6-17(21)14-19/h3-8,13-14,16H,9-12H2,1-2H3. The lowest BCUT2D eigenvalue weighted by atomic mass is 10.2. The number of rotatable bonds is 5. The Morgan fingerprint density at radius 1 is 1.07 bits per heavy atom. The molecule has 1 fully saturated rings. The van der Waals surface area contributed by atoms with Crippen LogP contribution >= 0.6 is 0 Å². The van der Waals surface area contributed by atoms with Crippen molar-refractivity contribution in [2.75, 3.05) is 26.2 Å². The number of benzene rings is 2. The van der Waals surface area contributed by atoms with Gasteiger partial charge in [-0.2, -0.15) is 4.31 Å². The summed E-state index contributed by atoms with van der Waals surface area (Å²) in [6, 6.07) is 12.4. The molecule has 2 aromatic rings. The monoisotopic (exact) mass is 406 g/mol. The maximum absolute atomic E-state index is 13.4. The van der Waals surface area contributed by atoms with E-state index in [1.165, 1.54) is 22.5 Å². The molecule has 6 nitrogen and oxygen atoms in total. The van der Waals surface area contributed by atoms with Crippen LogP contribution in [0.2, 0.25) is 0 Å². The normalized spacial score (nSPS) is 16.6. The Morgan fingerprint density at radius 3 is 2.39 bits per heavy atom. The van der Waals surface area contributed by atoms with E-state index in [4.69, 9.17) is 4.74 Å². The number of sulfonamides is 1. The van der Waals surface area contributed by atoms with Crippen LogP contribution in [0.15, 0.2) is 53.4 Å². The van der Waals surface area contributed by atoms with E-state index in [0.717, 1.165) is 11.6 Å². The van der Waals surface area contributed by atoms with Crippen LogP contribution in [0.1, 0.15) is 12.5 Å². The zero-order valence-corrected chi connectivity index (χ0v) is 16.7. The summed E-state index contributed by atoms with van der Waals surface area (Å²) in [4.78, 5) is 14.2. The summed E-state index contributed by atoms with van der Waals surface area (Å²) in [5, 5.41) is 0. The third-order valence-corrected chi connectivity index (χ3v) is 6.53. The summed E-state index contributed by atoms with van der Waals surface area (Å²) in [6.07, 6.45) is -0.673. The Balaban J connectivity index is 1.60. The Morgan fingerprint density at radius 2 is 1.75 bits per heavy atom. The second kappa shape index (κ2) is 8.28. The van der Waals surface area contributed by atoms with Crippen LogP contribution in [0.25, 0.3) is 0 Å². The van der Waals surface area contributed by atoms with E-state index in [1.54, 1.807) is 17.9 Å². The number of hydrogen-bond donors (Lipinski definition) is 0. The van der Waals surface area contributed by atoms with Crippen molar-refractivity contribution < 1.29 is 22.3 Å². The molecule has 0 N–H and O–H groups in total. The fourth-order valence-corrected chi connectivity index (χ4v) is 4.58. The highest BCUT2D eigenvalue weighted by molar-refractivity contribution is 7.89. The van der Waals surface area contributed by atoms with Gasteiger partial charge in [-0.3, -0.25) is 4.79 Å². The van der Waals surface area contributed by atoms with Crippen LogP contribution in [-0.2, 0) is 14.8 Å². The number of carbonyl (C=O) groups is 1. The smallest absolute Gasteiger partial charge is 0.263 e. The van der Waals surface area contributed by atoms with E-state index in [2.05, 4.69) is 0 Å². The van der Waals surface area contributed by atoms with Crippen LogP contribution in [0.5, 0.6) is 5.75 Å². The predicted octanol–water partition coefficient (Wildman–Crippen LogP) is 2.43. The fourth-order valence-electron chi connectivity index (χ4n) is 3.13. The quantitative estimate of drug-likeness (QED) is 0.765. The van der Waals surface area contributed by atoms with Gasteiger partial charge in [0.05, 0.1) is 4.90 Å². The van der Waals surface area contributed by atoms with Gasteiger partial charge in [-0.25, -0.2) is 12.8 Å². The first kappa shape index (κ1) is 20.3.